The maximum absolute atomic E-state index is 14.1. The van der Waals surface area contributed by atoms with Crippen molar-refractivity contribution >= 4 is 0 Å². The minimum absolute atomic E-state index is 0.489. The van der Waals surface area contributed by atoms with Crippen molar-refractivity contribution < 1.29 is 13.9 Å². The molecule has 1 heterocycles. The maximum Gasteiger partial charge on any atom is 0.161 e. The maximum atomic E-state index is 14.1. The molecule has 0 saturated heterocycles. The summed E-state index contributed by atoms with van der Waals surface area (Å²) in [5.41, 5.74) is 5.68. The lowest BCUT2D eigenvalue weighted by Gasteiger charge is -2.24. The number of benzene rings is 1. The Morgan fingerprint density at radius 1 is 1.24 bits per heavy atom. The number of ether oxygens (including phenoxy) is 2. The SMILES string of the molecule is CC(C)(F)c1cc2c(cc1CCN)OCCO2. The second kappa shape index (κ2) is 4.53. The topological polar surface area (TPSA) is 44.5 Å². The molecule has 0 bridgehead atoms. The molecule has 0 atom stereocenters. The van der Waals surface area contributed by atoms with Crippen LogP contribution in [0, 0.1) is 0 Å². The van der Waals surface area contributed by atoms with Gasteiger partial charge in [-0.2, -0.15) is 0 Å². The molecule has 0 saturated carbocycles. The van der Waals surface area contributed by atoms with Crippen molar-refractivity contribution in [1.82, 2.24) is 0 Å². The molecule has 1 aromatic rings. The van der Waals surface area contributed by atoms with Gasteiger partial charge in [0.25, 0.3) is 0 Å². The van der Waals surface area contributed by atoms with Crippen LogP contribution in [0.1, 0.15) is 25.0 Å². The quantitative estimate of drug-likeness (QED) is 0.879. The summed E-state index contributed by atoms with van der Waals surface area (Å²) in [6, 6.07) is 3.58. The molecule has 0 spiro atoms. The highest BCUT2D eigenvalue weighted by Crippen LogP contribution is 2.38. The van der Waals surface area contributed by atoms with E-state index in [0.717, 1.165) is 5.56 Å². The molecule has 0 aromatic heterocycles. The normalized spacial score (nSPS) is 14.8. The van der Waals surface area contributed by atoms with Gasteiger partial charge in [-0.15, -0.1) is 0 Å². The van der Waals surface area contributed by atoms with E-state index in [9.17, 15) is 4.39 Å². The molecule has 0 aliphatic carbocycles. The van der Waals surface area contributed by atoms with E-state index in [1.54, 1.807) is 19.9 Å². The minimum atomic E-state index is -1.40. The van der Waals surface area contributed by atoms with E-state index in [4.69, 9.17) is 15.2 Å². The number of hydrogen-bond acceptors (Lipinski definition) is 3. The number of nitrogens with two attached hydrogens (primary N) is 1. The zero-order valence-electron chi connectivity index (χ0n) is 10.3. The fraction of sp³-hybridized carbons (Fsp3) is 0.538. The van der Waals surface area contributed by atoms with E-state index in [-0.39, 0.29) is 0 Å². The fourth-order valence-corrected chi connectivity index (χ4v) is 2.05. The lowest BCUT2D eigenvalue weighted by Crippen LogP contribution is -2.19. The van der Waals surface area contributed by atoms with E-state index >= 15 is 0 Å². The van der Waals surface area contributed by atoms with Gasteiger partial charge in [0.2, 0.25) is 0 Å². The van der Waals surface area contributed by atoms with Crippen LogP contribution >= 0.6 is 0 Å². The van der Waals surface area contributed by atoms with E-state index in [0.29, 0.717) is 43.2 Å². The van der Waals surface area contributed by atoms with Gasteiger partial charge in [0.1, 0.15) is 18.9 Å². The predicted molar refractivity (Wildman–Crippen MR) is 64.3 cm³/mol. The first-order valence-corrected chi connectivity index (χ1v) is 5.84. The highest BCUT2D eigenvalue weighted by molar-refractivity contribution is 5.50. The zero-order valence-corrected chi connectivity index (χ0v) is 10.3. The number of rotatable bonds is 3. The Bertz CT molecular complexity index is 413. The fourth-order valence-electron chi connectivity index (χ4n) is 2.05. The van der Waals surface area contributed by atoms with E-state index in [2.05, 4.69) is 0 Å². The van der Waals surface area contributed by atoms with Crippen molar-refractivity contribution in [3.05, 3.63) is 23.3 Å². The van der Waals surface area contributed by atoms with E-state index in [1.807, 2.05) is 6.07 Å². The minimum Gasteiger partial charge on any atom is -0.486 e. The molecule has 0 radical (unpaired) electrons. The second-order valence-electron chi connectivity index (χ2n) is 4.66. The van der Waals surface area contributed by atoms with Gasteiger partial charge in [-0.05, 0) is 50.1 Å². The van der Waals surface area contributed by atoms with Gasteiger partial charge in [-0.1, -0.05) is 0 Å². The van der Waals surface area contributed by atoms with Crippen LogP contribution in [0.25, 0.3) is 0 Å². The van der Waals surface area contributed by atoms with E-state index in [1.165, 1.54) is 0 Å². The summed E-state index contributed by atoms with van der Waals surface area (Å²) in [5, 5.41) is 0. The first kappa shape index (κ1) is 12.2. The molecule has 94 valence electrons. The van der Waals surface area contributed by atoms with Crippen molar-refractivity contribution in [2.24, 2.45) is 5.73 Å². The number of halogens is 1. The van der Waals surface area contributed by atoms with Crippen LogP contribution in [-0.2, 0) is 12.1 Å². The van der Waals surface area contributed by atoms with Crippen LogP contribution in [0.15, 0.2) is 12.1 Å². The smallest absolute Gasteiger partial charge is 0.161 e. The summed E-state index contributed by atoms with van der Waals surface area (Å²) in [7, 11) is 0. The van der Waals surface area contributed by atoms with Crippen molar-refractivity contribution in [2.75, 3.05) is 19.8 Å². The average molecular weight is 239 g/mol. The Hall–Kier alpha value is -1.29. The molecular formula is C13H18FNO2. The molecule has 3 nitrogen and oxygen atoms in total. The molecule has 4 heteroatoms. The first-order chi connectivity index (χ1) is 8.02. The third kappa shape index (κ3) is 2.52. The van der Waals surface area contributed by atoms with Gasteiger partial charge in [-0.25, -0.2) is 4.39 Å². The zero-order chi connectivity index (χ0) is 12.5. The van der Waals surface area contributed by atoms with Crippen LogP contribution in [0.5, 0.6) is 11.5 Å². The number of fused-ring (bicyclic) bond motifs is 1. The summed E-state index contributed by atoms with van der Waals surface area (Å²) in [6.07, 6.45) is 0.638. The molecular weight excluding hydrogens is 221 g/mol. The van der Waals surface area contributed by atoms with Gasteiger partial charge in [-0.3, -0.25) is 0 Å². The molecule has 1 aliphatic heterocycles. The van der Waals surface area contributed by atoms with Crippen molar-refractivity contribution in [3.63, 3.8) is 0 Å². The molecule has 0 unspecified atom stereocenters. The summed E-state index contributed by atoms with van der Waals surface area (Å²) in [4.78, 5) is 0. The molecule has 0 amide bonds. The number of alkyl halides is 1. The summed E-state index contributed by atoms with van der Waals surface area (Å²) < 4.78 is 25.1. The molecule has 0 fully saturated rings. The largest absolute Gasteiger partial charge is 0.486 e. The van der Waals surface area contributed by atoms with Crippen LogP contribution in [0.3, 0.4) is 0 Å². The average Bonchev–Trinajstić information content (AvgIpc) is 2.27. The monoisotopic (exact) mass is 239 g/mol. The van der Waals surface area contributed by atoms with Crippen molar-refractivity contribution in [2.45, 2.75) is 25.9 Å². The highest BCUT2D eigenvalue weighted by atomic mass is 19.1. The third-order valence-electron chi connectivity index (χ3n) is 2.82. The van der Waals surface area contributed by atoms with Crippen LogP contribution in [0.4, 0.5) is 4.39 Å². The Morgan fingerprint density at radius 3 is 2.35 bits per heavy atom. The highest BCUT2D eigenvalue weighted by Gasteiger charge is 2.25. The Kier molecular flexibility index (Phi) is 3.24. The summed E-state index contributed by atoms with van der Waals surface area (Å²) in [6.45, 7) is 4.61. The molecule has 2 N–H and O–H groups in total. The van der Waals surface area contributed by atoms with Crippen LogP contribution in [0.2, 0.25) is 0 Å². The molecule has 2 rings (SSSR count). The summed E-state index contributed by atoms with van der Waals surface area (Å²) >= 11 is 0. The standard InChI is InChI=1S/C13H18FNO2/c1-13(2,14)10-8-12-11(16-5-6-17-12)7-9(10)3-4-15/h7-8H,3-6,15H2,1-2H3. The van der Waals surface area contributed by atoms with Crippen LogP contribution in [-0.4, -0.2) is 19.8 Å². The van der Waals surface area contributed by atoms with Crippen molar-refractivity contribution in [3.8, 4) is 11.5 Å². The van der Waals surface area contributed by atoms with Gasteiger partial charge in [0.15, 0.2) is 11.5 Å². The molecule has 1 aliphatic rings. The molecule has 17 heavy (non-hydrogen) atoms. The lowest BCUT2D eigenvalue weighted by molar-refractivity contribution is 0.168. The van der Waals surface area contributed by atoms with Gasteiger partial charge in [0, 0.05) is 0 Å². The second-order valence-corrected chi connectivity index (χ2v) is 4.66. The Balaban J connectivity index is 2.48. The van der Waals surface area contributed by atoms with E-state index < -0.39 is 5.67 Å². The van der Waals surface area contributed by atoms with Crippen molar-refractivity contribution in [1.29, 1.82) is 0 Å². The molecule has 1 aromatic carbocycles. The third-order valence-corrected chi connectivity index (χ3v) is 2.82. The lowest BCUT2D eigenvalue weighted by atomic mass is 9.92. The van der Waals surface area contributed by atoms with Gasteiger partial charge < -0.3 is 15.2 Å². The Morgan fingerprint density at radius 2 is 1.82 bits per heavy atom. The Labute approximate surface area is 101 Å². The summed E-state index contributed by atoms with van der Waals surface area (Å²) in [5.74, 6) is 1.31. The van der Waals surface area contributed by atoms with Gasteiger partial charge >= 0.3 is 0 Å². The predicted octanol–water partition coefficient (Wildman–Crippen LogP) is 2.16. The number of hydrogen-bond donors (Lipinski definition) is 1. The van der Waals surface area contributed by atoms with Crippen LogP contribution < -0.4 is 15.2 Å². The first-order valence-electron chi connectivity index (χ1n) is 5.84. The van der Waals surface area contributed by atoms with Gasteiger partial charge in [0.05, 0.1) is 0 Å².